The molecule has 0 unspecified atom stereocenters. The minimum Gasteiger partial charge on any atom is -0.469 e. The summed E-state index contributed by atoms with van der Waals surface area (Å²) in [4.78, 5) is 11.7. The van der Waals surface area contributed by atoms with E-state index in [2.05, 4.69) is 27.9 Å². The molecule has 2 aliphatic rings. The zero-order chi connectivity index (χ0) is 10.3. The van der Waals surface area contributed by atoms with Crippen LogP contribution < -0.4 is 5.32 Å². The van der Waals surface area contributed by atoms with Gasteiger partial charge in [-0.15, -0.1) is 0 Å². The van der Waals surface area contributed by atoms with E-state index < -0.39 is 5.60 Å². The Morgan fingerprint density at radius 2 is 2.29 bits per heavy atom. The zero-order valence-electron chi connectivity index (χ0n) is 8.09. The van der Waals surface area contributed by atoms with Crippen LogP contribution in [0.15, 0.2) is 9.46 Å². The van der Waals surface area contributed by atoms with Gasteiger partial charge < -0.3 is 14.8 Å². The standard InChI is InChI=1S/C9H12INO3/c1-5-7(10)14-9(8(12)11-5)3-6(4-9)13-2/h6H,3-4H2,1-2H3,(H,11,12). The number of methoxy groups -OCH3 is 1. The normalized spacial score (nSPS) is 36.5. The Bertz CT molecular complexity index is 307. The fraction of sp³-hybridized carbons (Fsp3) is 0.667. The second-order valence-electron chi connectivity index (χ2n) is 3.72. The van der Waals surface area contributed by atoms with Crippen molar-refractivity contribution in [1.29, 1.82) is 0 Å². The lowest BCUT2D eigenvalue weighted by atomic mass is 9.76. The molecule has 2 rings (SSSR count). The van der Waals surface area contributed by atoms with E-state index in [4.69, 9.17) is 9.47 Å². The molecule has 1 aliphatic heterocycles. The molecule has 1 N–H and O–H groups in total. The maximum Gasteiger partial charge on any atom is 0.268 e. The van der Waals surface area contributed by atoms with Crippen molar-refractivity contribution in [1.82, 2.24) is 5.32 Å². The summed E-state index contributed by atoms with van der Waals surface area (Å²) in [5.41, 5.74) is 0.138. The molecule has 1 saturated carbocycles. The van der Waals surface area contributed by atoms with Gasteiger partial charge in [0.05, 0.1) is 11.8 Å². The molecule has 1 amide bonds. The van der Waals surface area contributed by atoms with Crippen molar-refractivity contribution in [3.05, 3.63) is 9.46 Å². The van der Waals surface area contributed by atoms with Gasteiger partial charge >= 0.3 is 0 Å². The summed E-state index contributed by atoms with van der Waals surface area (Å²) in [6.07, 6.45) is 1.45. The van der Waals surface area contributed by atoms with Crippen LogP contribution in [0.4, 0.5) is 0 Å². The van der Waals surface area contributed by atoms with Crippen LogP contribution in [0.5, 0.6) is 0 Å². The first-order valence-corrected chi connectivity index (χ1v) is 5.55. The van der Waals surface area contributed by atoms with Crippen LogP contribution >= 0.6 is 22.6 Å². The van der Waals surface area contributed by atoms with Crippen LogP contribution in [0, 0.1) is 0 Å². The van der Waals surface area contributed by atoms with Crippen molar-refractivity contribution >= 4 is 28.5 Å². The Kier molecular flexibility index (Phi) is 2.46. The smallest absolute Gasteiger partial charge is 0.268 e. The van der Waals surface area contributed by atoms with E-state index in [1.54, 1.807) is 7.11 Å². The highest BCUT2D eigenvalue weighted by atomic mass is 127. The van der Waals surface area contributed by atoms with Crippen LogP contribution in [-0.2, 0) is 14.3 Å². The molecule has 1 aliphatic carbocycles. The van der Waals surface area contributed by atoms with E-state index in [0.717, 1.165) is 9.46 Å². The Labute approximate surface area is 96.2 Å². The van der Waals surface area contributed by atoms with E-state index in [1.807, 2.05) is 6.92 Å². The summed E-state index contributed by atoms with van der Waals surface area (Å²) in [6.45, 7) is 1.83. The molecule has 1 spiro atoms. The summed E-state index contributed by atoms with van der Waals surface area (Å²) in [5, 5.41) is 2.82. The van der Waals surface area contributed by atoms with Gasteiger partial charge in [-0.05, 0) is 6.92 Å². The summed E-state index contributed by atoms with van der Waals surface area (Å²) in [7, 11) is 1.66. The number of carbonyl (C=O) groups excluding carboxylic acids is 1. The number of amides is 1. The number of hydrogen-bond donors (Lipinski definition) is 1. The van der Waals surface area contributed by atoms with Crippen molar-refractivity contribution in [3.8, 4) is 0 Å². The second-order valence-corrected chi connectivity index (χ2v) is 4.69. The first kappa shape index (κ1) is 10.2. The van der Waals surface area contributed by atoms with Gasteiger partial charge in [0.1, 0.15) is 0 Å². The van der Waals surface area contributed by atoms with Crippen molar-refractivity contribution in [2.75, 3.05) is 7.11 Å². The number of allylic oxidation sites excluding steroid dienone is 1. The Morgan fingerprint density at radius 1 is 1.64 bits per heavy atom. The maximum atomic E-state index is 11.7. The van der Waals surface area contributed by atoms with Gasteiger partial charge in [0.25, 0.3) is 5.91 Å². The maximum absolute atomic E-state index is 11.7. The minimum atomic E-state index is -0.656. The molecule has 0 bridgehead atoms. The van der Waals surface area contributed by atoms with Gasteiger partial charge in [-0.3, -0.25) is 4.79 Å². The van der Waals surface area contributed by atoms with Crippen LogP contribution in [0.2, 0.25) is 0 Å². The van der Waals surface area contributed by atoms with Crippen LogP contribution in [0.1, 0.15) is 19.8 Å². The quantitative estimate of drug-likeness (QED) is 0.743. The van der Waals surface area contributed by atoms with Gasteiger partial charge in [-0.2, -0.15) is 0 Å². The fourth-order valence-electron chi connectivity index (χ4n) is 1.74. The monoisotopic (exact) mass is 309 g/mol. The number of rotatable bonds is 1. The van der Waals surface area contributed by atoms with Gasteiger partial charge in [0.2, 0.25) is 0 Å². The fourth-order valence-corrected chi connectivity index (χ4v) is 2.30. The summed E-state index contributed by atoms with van der Waals surface area (Å²) < 4.78 is 11.6. The summed E-state index contributed by atoms with van der Waals surface area (Å²) in [6, 6.07) is 0. The molecule has 14 heavy (non-hydrogen) atoms. The Morgan fingerprint density at radius 3 is 2.86 bits per heavy atom. The first-order valence-electron chi connectivity index (χ1n) is 4.47. The molecule has 1 heterocycles. The topological polar surface area (TPSA) is 47.6 Å². The third-order valence-electron chi connectivity index (χ3n) is 2.74. The molecule has 1 fully saturated rings. The zero-order valence-corrected chi connectivity index (χ0v) is 10.3. The van der Waals surface area contributed by atoms with E-state index in [9.17, 15) is 4.79 Å². The molecule has 0 radical (unpaired) electrons. The van der Waals surface area contributed by atoms with Crippen molar-refractivity contribution in [3.63, 3.8) is 0 Å². The lowest BCUT2D eigenvalue weighted by Gasteiger charge is -2.46. The van der Waals surface area contributed by atoms with Gasteiger partial charge in [0, 0.05) is 42.5 Å². The number of halogens is 1. The summed E-state index contributed by atoms with van der Waals surface area (Å²) in [5.74, 6) is -0.0382. The van der Waals surface area contributed by atoms with Crippen LogP contribution in [0.3, 0.4) is 0 Å². The molecule has 78 valence electrons. The number of hydrogen-bond acceptors (Lipinski definition) is 3. The third-order valence-corrected chi connectivity index (χ3v) is 3.77. The van der Waals surface area contributed by atoms with Gasteiger partial charge in [-0.25, -0.2) is 0 Å². The Hall–Kier alpha value is -0.300. The molecule has 0 aromatic heterocycles. The largest absolute Gasteiger partial charge is 0.469 e. The molecular formula is C9H12INO3. The molecule has 4 nitrogen and oxygen atoms in total. The SMILES string of the molecule is COC1CC2(C1)OC(I)=C(C)NC2=O. The lowest BCUT2D eigenvalue weighted by molar-refractivity contribution is -0.172. The van der Waals surface area contributed by atoms with Crippen LogP contribution in [0.25, 0.3) is 0 Å². The molecule has 0 aromatic carbocycles. The molecule has 0 atom stereocenters. The molecule has 5 heteroatoms. The highest BCUT2D eigenvalue weighted by molar-refractivity contribution is 14.1. The summed E-state index contributed by atoms with van der Waals surface area (Å²) >= 11 is 2.10. The lowest BCUT2D eigenvalue weighted by Crippen LogP contribution is -2.61. The Balaban J connectivity index is 2.13. The number of carbonyl (C=O) groups is 1. The van der Waals surface area contributed by atoms with E-state index >= 15 is 0 Å². The highest BCUT2D eigenvalue weighted by Crippen LogP contribution is 2.43. The van der Waals surface area contributed by atoms with Gasteiger partial charge in [0.15, 0.2) is 9.37 Å². The average Bonchev–Trinajstić information content (AvgIpc) is 2.07. The predicted octanol–water partition coefficient (Wildman–Crippen LogP) is 1.30. The first-order chi connectivity index (χ1) is 6.57. The minimum absolute atomic E-state index is 0.0382. The predicted molar refractivity (Wildman–Crippen MR) is 58.7 cm³/mol. The number of ether oxygens (including phenoxy) is 2. The molecular weight excluding hydrogens is 297 g/mol. The number of nitrogens with one attached hydrogen (secondary N) is 1. The second kappa shape index (κ2) is 3.37. The molecule has 0 saturated heterocycles. The highest BCUT2D eigenvalue weighted by Gasteiger charge is 2.55. The van der Waals surface area contributed by atoms with E-state index in [1.165, 1.54) is 0 Å². The average molecular weight is 309 g/mol. The van der Waals surface area contributed by atoms with Gasteiger partial charge in [-0.1, -0.05) is 0 Å². The molecule has 0 aromatic rings. The van der Waals surface area contributed by atoms with E-state index in [0.29, 0.717) is 12.8 Å². The van der Waals surface area contributed by atoms with Crippen LogP contribution in [-0.4, -0.2) is 24.7 Å². The third kappa shape index (κ3) is 1.42. The van der Waals surface area contributed by atoms with Crippen molar-refractivity contribution < 1.29 is 14.3 Å². The van der Waals surface area contributed by atoms with Crippen molar-refractivity contribution in [2.45, 2.75) is 31.5 Å². The van der Waals surface area contributed by atoms with E-state index in [-0.39, 0.29) is 12.0 Å². The van der Waals surface area contributed by atoms with Crippen molar-refractivity contribution in [2.24, 2.45) is 0 Å².